The number of rotatable bonds is 5. The summed E-state index contributed by atoms with van der Waals surface area (Å²) in [6.45, 7) is 5.87. The molecule has 3 aromatic heterocycles. The van der Waals surface area contributed by atoms with Crippen LogP contribution in [-0.2, 0) is 13.0 Å². The molecule has 9 heteroatoms. The summed E-state index contributed by atoms with van der Waals surface area (Å²) in [6.07, 6.45) is 6.18. The quantitative estimate of drug-likeness (QED) is 0.662. The highest BCUT2D eigenvalue weighted by Crippen LogP contribution is 2.19. The summed E-state index contributed by atoms with van der Waals surface area (Å²) >= 11 is 0. The van der Waals surface area contributed by atoms with Crippen LogP contribution in [0.3, 0.4) is 0 Å². The van der Waals surface area contributed by atoms with Crippen LogP contribution in [0.4, 0.5) is 10.1 Å². The largest absolute Gasteiger partial charge is 0.368 e. The van der Waals surface area contributed by atoms with Crippen molar-refractivity contribution in [3.63, 3.8) is 0 Å². The monoisotopic (exact) mass is 412 g/mol. The van der Waals surface area contributed by atoms with E-state index in [9.17, 15) is 14.0 Å². The maximum Gasteiger partial charge on any atom is 0.272 e. The second-order valence-corrected chi connectivity index (χ2v) is 7.47. The molecule has 0 saturated carbocycles. The molecule has 2 N–H and O–H groups in total. The fourth-order valence-corrected chi connectivity index (χ4v) is 3.81. The smallest absolute Gasteiger partial charge is 0.272 e. The average molecular weight is 412 g/mol. The highest BCUT2D eigenvalue weighted by atomic mass is 19.1. The predicted molar refractivity (Wildman–Crippen MR) is 112 cm³/mol. The minimum absolute atomic E-state index is 0.0356. The zero-order valence-corrected chi connectivity index (χ0v) is 17.1. The van der Waals surface area contributed by atoms with Crippen LogP contribution in [0, 0.1) is 5.82 Å². The molecule has 0 aliphatic carbocycles. The van der Waals surface area contributed by atoms with Crippen molar-refractivity contribution in [2.45, 2.75) is 19.9 Å². The van der Waals surface area contributed by atoms with Gasteiger partial charge in [0.25, 0.3) is 11.5 Å². The lowest BCUT2D eigenvalue weighted by molar-refractivity contribution is 0.0953. The molecule has 4 heterocycles. The minimum Gasteiger partial charge on any atom is -0.368 e. The van der Waals surface area contributed by atoms with E-state index in [1.165, 1.54) is 13.1 Å². The number of amides is 1. The SMILES string of the molecule is CCc1cn2cc(CN3CCN(c4cnc(C(=O)NC)c(F)c4)CC3)cc2[nH]c1=O. The Balaban J connectivity index is 1.40. The number of aromatic nitrogens is 3. The molecule has 0 radical (unpaired) electrons. The molecule has 158 valence electrons. The number of carbonyl (C=O) groups is 1. The maximum absolute atomic E-state index is 14.2. The molecular weight excluding hydrogens is 387 g/mol. The predicted octanol–water partition coefficient (Wildman–Crippen LogP) is 1.41. The van der Waals surface area contributed by atoms with E-state index < -0.39 is 11.7 Å². The lowest BCUT2D eigenvalue weighted by atomic mass is 10.2. The number of aryl methyl sites for hydroxylation is 1. The summed E-state index contributed by atoms with van der Waals surface area (Å²) in [4.78, 5) is 34.9. The van der Waals surface area contributed by atoms with Gasteiger partial charge in [-0.25, -0.2) is 9.37 Å². The van der Waals surface area contributed by atoms with Crippen molar-refractivity contribution in [1.29, 1.82) is 0 Å². The number of hydrogen-bond donors (Lipinski definition) is 2. The number of anilines is 1. The molecule has 0 unspecified atom stereocenters. The number of carbonyl (C=O) groups excluding carboxylic acids is 1. The molecule has 0 atom stereocenters. The van der Waals surface area contributed by atoms with Gasteiger partial charge in [0.15, 0.2) is 11.5 Å². The lowest BCUT2D eigenvalue weighted by Gasteiger charge is -2.35. The molecule has 1 aliphatic rings. The van der Waals surface area contributed by atoms with Crippen LogP contribution in [0.5, 0.6) is 0 Å². The fraction of sp³-hybridized carbons (Fsp3) is 0.381. The first-order valence-corrected chi connectivity index (χ1v) is 10.1. The van der Waals surface area contributed by atoms with Crippen LogP contribution in [0.2, 0.25) is 0 Å². The highest BCUT2D eigenvalue weighted by molar-refractivity contribution is 5.92. The fourth-order valence-electron chi connectivity index (χ4n) is 3.81. The number of aromatic amines is 1. The molecule has 0 spiro atoms. The van der Waals surface area contributed by atoms with Gasteiger partial charge in [-0.2, -0.15) is 0 Å². The molecule has 30 heavy (non-hydrogen) atoms. The molecule has 1 amide bonds. The number of nitrogens with one attached hydrogen (secondary N) is 2. The third-order valence-corrected chi connectivity index (χ3v) is 5.53. The summed E-state index contributed by atoms with van der Waals surface area (Å²) in [5.74, 6) is -1.15. The van der Waals surface area contributed by atoms with E-state index in [0.29, 0.717) is 12.1 Å². The Morgan fingerprint density at radius 2 is 2.00 bits per heavy atom. The van der Waals surface area contributed by atoms with Crippen LogP contribution >= 0.6 is 0 Å². The zero-order chi connectivity index (χ0) is 21.3. The number of pyridine rings is 1. The number of nitrogens with zero attached hydrogens (tertiary/aromatic N) is 4. The van der Waals surface area contributed by atoms with Crippen LogP contribution < -0.4 is 15.8 Å². The van der Waals surface area contributed by atoms with Gasteiger partial charge in [0.05, 0.1) is 11.9 Å². The van der Waals surface area contributed by atoms with E-state index >= 15 is 0 Å². The van der Waals surface area contributed by atoms with Gasteiger partial charge in [-0.3, -0.25) is 14.5 Å². The molecular formula is C21H25FN6O2. The van der Waals surface area contributed by atoms with Crippen molar-refractivity contribution in [1.82, 2.24) is 24.6 Å². The summed E-state index contributed by atoms with van der Waals surface area (Å²) in [5.41, 5.74) is 3.15. The van der Waals surface area contributed by atoms with E-state index in [2.05, 4.69) is 25.1 Å². The Morgan fingerprint density at radius 3 is 2.67 bits per heavy atom. The van der Waals surface area contributed by atoms with Gasteiger partial charge in [0.1, 0.15) is 5.65 Å². The Kier molecular flexibility index (Phi) is 5.54. The molecule has 0 bridgehead atoms. The third-order valence-electron chi connectivity index (χ3n) is 5.53. The summed E-state index contributed by atoms with van der Waals surface area (Å²) in [5, 5.41) is 2.39. The van der Waals surface area contributed by atoms with Gasteiger partial charge >= 0.3 is 0 Å². The Labute approximate surface area is 173 Å². The van der Waals surface area contributed by atoms with E-state index in [0.717, 1.165) is 49.5 Å². The first kappa shape index (κ1) is 20.1. The first-order valence-electron chi connectivity index (χ1n) is 10.1. The molecule has 8 nitrogen and oxygen atoms in total. The molecule has 3 aromatic rings. The van der Waals surface area contributed by atoms with Crippen LogP contribution in [0.15, 0.2) is 35.5 Å². The summed E-state index contributed by atoms with van der Waals surface area (Å²) in [6, 6.07) is 3.37. The van der Waals surface area contributed by atoms with Gasteiger partial charge in [0.2, 0.25) is 0 Å². The molecule has 1 saturated heterocycles. The second kappa shape index (κ2) is 8.27. The Hall–Kier alpha value is -3.20. The van der Waals surface area contributed by atoms with Crippen LogP contribution in [0.1, 0.15) is 28.5 Å². The number of fused-ring (bicyclic) bond motifs is 1. The number of piperazine rings is 1. The number of halogens is 1. The Morgan fingerprint density at radius 1 is 1.23 bits per heavy atom. The maximum atomic E-state index is 14.2. The van der Waals surface area contributed by atoms with Gasteiger partial charge in [0, 0.05) is 63.8 Å². The molecule has 1 aliphatic heterocycles. The topological polar surface area (TPSA) is 85.7 Å². The van der Waals surface area contributed by atoms with E-state index in [4.69, 9.17) is 0 Å². The van der Waals surface area contributed by atoms with Crippen molar-refractivity contribution in [2.75, 3.05) is 38.1 Å². The minimum atomic E-state index is -0.616. The summed E-state index contributed by atoms with van der Waals surface area (Å²) in [7, 11) is 1.45. The van der Waals surface area contributed by atoms with Crippen molar-refractivity contribution >= 4 is 17.2 Å². The summed E-state index contributed by atoms with van der Waals surface area (Å²) < 4.78 is 16.2. The van der Waals surface area contributed by atoms with E-state index in [-0.39, 0.29) is 11.3 Å². The van der Waals surface area contributed by atoms with Gasteiger partial charge in [-0.05, 0) is 18.1 Å². The zero-order valence-electron chi connectivity index (χ0n) is 17.1. The standard InChI is InChI=1S/C21H25FN6O2/c1-3-15-13-28-12-14(8-18(28)25-20(15)29)11-26-4-6-27(7-5-26)16-9-17(22)19(24-10-16)21(30)23-2/h8-10,12-13H,3-7,11H2,1-2H3,(H,23,30)(H,25,29). The normalized spacial score (nSPS) is 15.0. The highest BCUT2D eigenvalue weighted by Gasteiger charge is 2.20. The van der Waals surface area contributed by atoms with Gasteiger partial charge in [-0.15, -0.1) is 0 Å². The Bertz CT molecular complexity index is 1130. The molecule has 4 rings (SSSR count). The lowest BCUT2D eigenvalue weighted by Crippen LogP contribution is -2.46. The van der Waals surface area contributed by atoms with Gasteiger partial charge in [-0.1, -0.05) is 6.92 Å². The van der Waals surface area contributed by atoms with Crippen molar-refractivity contribution in [3.05, 3.63) is 63.7 Å². The average Bonchev–Trinajstić information content (AvgIpc) is 3.13. The van der Waals surface area contributed by atoms with Crippen molar-refractivity contribution in [3.8, 4) is 0 Å². The molecule has 0 aromatic carbocycles. The van der Waals surface area contributed by atoms with Crippen LogP contribution in [-0.4, -0.2) is 58.4 Å². The molecule has 1 fully saturated rings. The van der Waals surface area contributed by atoms with Crippen molar-refractivity contribution < 1.29 is 9.18 Å². The van der Waals surface area contributed by atoms with E-state index in [1.54, 1.807) is 6.20 Å². The third kappa shape index (κ3) is 3.93. The van der Waals surface area contributed by atoms with Crippen LogP contribution in [0.25, 0.3) is 5.65 Å². The van der Waals surface area contributed by atoms with Crippen molar-refractivity contribution in [2.24, 2.45) is 0 Å². The number of H-pyrrole nitrogens is 1. The second-order valence-electron chi connectivity index (χ2n) is 7.47. The van der Waals surface area contributed by atoms with E-state index in [1.807, 2.05) is 29.8 Å². The van der Waals surface area contributed by atoms with Gasteiger partial charge < -0.3 is 19.6 Å². The first-order chi connectivity index (χ1) is 14.5. The number of hydrogen-bond acceptors (Lipinski definition) is 5.